The maximum absolute atomic E-state index is 11.9. The fourth-order valence-electron chi connectivity index (χ4n) is 2.18. The van der Waals surface area contributed by atoms with Gasteiger partial charge in [0.05, 0.1) is 20.6 Å². The van der Waals surface area contributed by atoms with Crippen LogP contribution in [0.15, 0.2) is 12.1 Å². The molecule has 0 saturated carbocycles. The minimum atomic E-state index is -0.645. The first-order chi connectivity index (χ1) is 9.38. The van der Waals surface area contributed by atoms with Gasteiger partial charge in [-0.3, -0.25) is 4.79 Å². The number of carbonyl (C=O) groups is 2. The van der Waals surface area contributed by atoms with Crippen molar-refractivity contribution in [2.75, 3.05) is 14.2 Å². The molecule has 0 spiro atoms. The van der Waals surface area contributed by atoms with Gasteiger partial charge in [-0.15, -0.1) is 0 Å². The van der Waals surface area contributed by atoms with Gasteiger partial charge in [-0.05, 0) is 37.5 Å². The van der Waals surface area contributed by atoms with Crippen molar-refractivity contribution in [2.45, 2.75) is 33.2 Å². The molecule has 1 amide bonds. The largest absolute Gasteiger partial charge is 0.496 e. The number of rotatable bonds is 5. The Morgan fingerprint density at radius 1 is 1.20 bits per heavy atom. The van der Waals surface area contributed by atoms with Crippen LogP contribution in [-0.2, 0) is 20.7 Å². The molecule has 5 nitrogen and oxygen atoms in total. The summed E-state index contributed by atoms with van der Waals surface area (Å²) in [5.74, 6) is 0.157. The van der Waals surface area contributed by atoms with Gasteiger partial charge in [0.15, 0.2) is 0 Å². The Labute approximate surface area is 119 Å². The fraction of sp³-hybridized carbons (Fsp3) is 0.467. The smallest absolute Gasteiger partial charge is 0.328 e. The third-order valence-corrected chi connectivity index (χ3v) is 3.02. The van der Waals surface area contributed by atoms with Gasteiger partial charge in [-0.25, -0.2) is 4.79 Å². The fourth-order valence-corrected chi connectivity index (χ4v) is 2.18. The van der Waals surface area contributed by atoms with E-state index in [1.165, 1.54) is 7.11 Å². The molecule has 1 N–H and O–H groups in total. The van der Waals surface area contributed by atoms with Crippen LogP contribution in [0.1, 0.15) is 23.6 Å². The van der Waals surface area contributed by atoms with Crippen molar-refractivity contribution in [1.82, 2.24) is 5.32 Å². The first-order valence-electron chi connectivity index (χ1n) is 6.40. The van der Waals surface area contributed by atoms with Crippen molar-refractivity contribution in [1.29, 1.82) is 0 Å². The van der Waals surface area contributed by atoms with Crippen molar-refractivity contribution in [2.24, 2.45) is 0 Å². The average Bonchev–Trinajstić information content (AvgIpc) is 2.37. The van der Waals surface area contributed by atoms with Crippen LogP contribution < -0.4 is 10.1 Å². The third-order valence-electron chi connectivity index (χ3n) is 3.02. The topological polar surface area (TPSA) is 64.6 Å². The zero-order valence-corrected chi connectivity index (χ0v) is 12.6. The molecule has 1 aromatic carbocycles. The molecule has 0 saturated heterocycles. The Bertz CT molecular complexity index is 488. The molecule has 0 aromatic heterocycles. The summed E-state index contributed by atoms with van der Waals surface area (Å²) in [7, 11) is 2.92. The number of hydrogen-bond acceptors (Lipinski definition) is 4. The molecule has 5 heteroatoms. The van der Waals surface area contributed by atoms with E-state index in [9.17, 15) is 9.59 Å². The van der Waals surface area contributed by atoms with Crippen LogP contribution in [0.3, 0.4) is 0 Å². The Morgan fingerprint density at radius 3 is 2.20 bits per heavy atom. The number of hydrogen-bond donors (Lipinski definition) is 1. The number of benzene rings is 1. The normalized spacial score (nSPS) is 11.7. The minimum absolute atomic E-state index is 0.215. The molecule has 110 valence electrons. The maximum atomic E-state index is 11.9. The van der Waals surface area contributed by atoms with Gasteiger partial charge in [0.25, 0.3) is 0 Å². The SMILES string of the molecule is COC(=O)[C@H](C)NC(=O)Cc1cc(C)c(OC)c(C)c1. The summed E-state index contributed by atoms with van der Waals surface area (Å²) in [6.45, 7) is 5.46. The number of esters is 1. The predicted molar refractivity (Wildman–Crippen MR) is 75.8 cm³/mol. The van der Waals surface area contributed by atoms with Crippen molar-refractivity contribution < 1.29 is 19.1 Å². The van der Waals surface area contributed by atoms with E-state index >= 15 is 0 Å². The summed E-state index contributed by atoms with van der Waals surface area (Å²) >= 11 is 0. The highest BCUT2D eigenvalue weighted by molar-refractivity contribution is 5.85. The number of ether oxygens (including phenoxy) is 2. The second-order valence-electron chi connectivity index (χ2n) is 4.75. The summed E-state index contributed by atoms with van der Waals surface area (Å²) in [6.07, 6.45) is 0.215. The highest BCUT2D eigenvalue weighted by atomic mass is 16.5. The molecular weight excluding hydrogens is 258 g/mol. The first-order valence-corrected chi connectivity index (χ1v) is 6.40. The molecule has 0 radical (unpaired) electrons. The standard InChI is InChI=1S/C15H21NO4/c1-9-6-12(7-10(2)14(9)19-4)8-13(17)16-11(3)15(18)20-5/h6-7,11H,8H2,1-5H3,(H,16,17)/t11-/m0/s1. The number of amides is 1. The predicted octanol–water partition coefficient (Wildman–Crippen LogP) is 1.53. The van der Waals surface area contributed by atoms with E-state index in [-0.39, 0.29) is 12.3 Å². The van der Waals surface area contributed by atoms with Crippen LogP contribution in [0.25, 0.3) is 0 Å². The average molecular weight is 279 g/mol. The molecule has 1 aromatic rings. The number of nitrogens with one attached hydrogen (secondary N) is 1. The molecule has 0 fully saturated rings. The summed E-state index contributed by atoms with van der Waals surface area (Å²) in [5.41, 5.74) is 2.85. The van der Waals surface area contributed by atoms with E-state index in [0.29, 0.717) is 0 Å². The van der Waals surface area contributed by atoms with E-state index in [4.69, 9.17) is 4.74 Å². The first kappa shape index (κ1) is 16.0. The van der Waals surface area contributed by atoms with E-state index in [1.807, 2.05) is 26.0 Å². The lowest BCUT2D eigenvalue weighted by molar-refractivity contribution is -0.144. The Kier molecular flexibility index (Phi) is 5.55. The van der Waals surface area contributed by atoms with Crippen LogP contribution in [0.5, 0.6) is 5.75 Å². The van der Waals surface area contributed by atoms with Gasteiger partial charge < -0.3 is 14.8 Å². The molecule has 0 aliphatic heterocycles. The second kappa shape index (κ2) is 6.93. The maximum Gasteiger partial charge on any atom is 0.328 e. The van der Waals surface area contributed by atoms with Crippen LogP contribution >= 0.6 is 0 Å². The molecule has 1 rings (SSSR count). The number of carbonyl (C=O) groups excluding carboxylic acids is 2. The molecule has 20 heavy (non-hydrogen) atoms. The van der Waals surface area contributed by atoms with Crippen LogP contribution in [0.4, 0.5) is 0 Å². The zero-order valence-electron chi connectivity index (χ0n) is 12.6. The lowest BCUT2D eigenvalue weighted by atomic mass is 10.0. The van der Waals surface area contributed by atoms with Crippen LogP contribution in [0.2, 0.25) is 0 Å². The molecule has 0 aliphatic carbocycles. The summed E-state index contributed by atoms with van der Waals surface area (Å²) < 4.78 is 9.85. The second-order valence-corrected chi connectivity index (χ2v) is 4.75. The molecular formula is C15H21NO4. The van der Waals surface area contributed by atoms with Crippen molar-refractivity contribution in [3.63, 3.8) is 0 Å². The molecule has 1 atom stereocenters. The summed E-state index contributed by atoms with van der Waals surface area (Å²) in [5, 5.41) is 2.60. The van der Waals surface area contributed by atoms with Gasteiger partial charge >= 0.3 is 5.97 Å². The van der Waals surface area contributed by atoms with E-state index in [1.54, 1.807) is 14.0 Å². The summed E-state index contributed by atoms with van der Waals surface area (Å²) in [6, 6.07) is 3.18. The lowest BCUT2D eigenvalue weighted by Gasteiger charge is -2.13. The van der Waals surface area contributed by atoms with Crippen molar-refractivity contribution in [3.8, 4) is 5.75 Å². The number of aryl methyl sites for hydroxylation is 2. The highest BCUT2D eigenvalue weighted by Crippen LogP contribution is 2.24. The van der Waals surface area contributed by atoms with Gasteiger partial charge in [0.2, 0.25) is 5.91 Å². The van der Waals surface area contributed by atoms with Crippen molar-refractivity contribution in [3.05, 3.63) is 28.8 Å². The zero-order chi connectivity index (χ0) is 15.3. The number of methoxy groups -OCH3 is 2. The van der Waals surface area contributed by atoms with E-state index < -0.39 is 12.0 Å². The lowest BCUT2D eigenvalue weighted by Crippen LogP contribution is -2.39. The Balaban J connectivity index is 2.74. The molecule has 0 aliphatic rings. The van der Waals surface area contributed by atoms with Gasteiger partial charge in [-0.2, -0.15) is 0 Å². The summed E-state index contributed by atoms with van der Waals surface area (Å²) in [4.78, 5) is 23.1. The van der Waals surface area contributed by atoms with Gasteiger partial charge in [-0.1, -0.05) is 12.1 Å². The minimum Gasteiger partial charge on any atom is -0.496 e. The van der Waals surface area contributed by atoms with Gasteiger partial charge in [0.1, 0.15) is 11.8 Å². The van der Waals surface area contributed by atoms with Crippen molar-refractivity contribution >= 4 is 11.9 Å². The monoisotopic (exact) mass is 279 g/mol. The Hall–Kier alpha value is -2.04. The molecule has 0 unspecified atom stereocenters. The van der Waals surface area contributed by atoms with E-state index in [2.05, 4.69) is 10.1 Å². The van der Waals surface area contributed by atoms with Crippen LogP contribution in [-0.4, -0.2) is 32.1 Å². The van der Waals surface area contributed by atoms with Crippen LogP contribution in [0, 0.1) is 13.8 Å². The molecule has 0 bridgehead atoms. The Morgan fingerprint density at radius 2 is 1.75 bits per heavy atom. The molecule has 0 heterocycles. The van der Waals surface area contributed by atoms with E-state index in [0.717, 1.165) is 22.4 Å². The third kappa shape index (κ3) is 3.98. The quantitative estimate of drug-likeness (QED) is 0.830. The van der Waals surface area contributed by atoms with Gasteiger partial charge in [0, 0.05) is 0 Å². The highest BCUT2D eigenvalue weighted by Gasteiger charge is 2.16.